The number of aliphatic hydroxyl groups is 2. The van der Waals surface area contributed by atoms with Crippen molar-refractivity contribution in [2.45, 2.75) is 204 Å². The predicted octanol–water partition coefficient (Wildman–Crippen LogP) is -1.25. The van der Waals surface area contributed by atoms with Gasteiger partial charge in [0.2, 0.25) is 88.6 Å². The fraction of sp³-hybridized carbons (Fsp3) is 0.675. The first-order chi connectivity index (χ1) is 59.3. The van der Waals surface area contributed by atoms with E-state index in [0.717, 1.165) is 37.9 Å². The lowest BCUT2D eigenvalue weighted by atomic mass is 10.0. The molecule has 2 fully saturated rings. The van der Waals surface area contributed by atoms with Crippen molar-refractivity contribution >= 4 is 123 Å². The second kappa shape index (κ2) is 59.9. The number of amides is 15. The number of likely N-dealkylation sites (tertiary alicyclic amines) is 2. The van der Waals surface area contributed by atoms with E-state index in [2.05, 4.69) is 53.2 Å². The van der Waals surface area contributed by atoms with Crippen LogP contribution in [0, 0.1) is 5.92 Å². The topological polar surface area (TPSA) is 557 Å². The normalized spacial score (nSPS) is 15.0. The summed E-state index contributed by atoms with van der Waals surface area (Å²) in [7, 11) is 0. The maximum absolute atomic E-state index is 14.5. The van der Waals surface area contributed by atoms with Crippen molar-refractivity contribution in [3.05, 3.63) is 48.0 Å². The Morgan fingerprint density at radius 1 is 0.468 bits per heavy atom. The van der Waals surface area contributed by atoms with Crippen LogP contribution in [-0.4, -0.2) is 312 Å². The number of nitrogens with zero attached hydrogens (tertiary/aromatic N) is 2. The number of hydrogen-bond donors (Lipinski definition) is 13. The maximum atomic E-state index is 14.5. The molecule has 0 spiro atoms. The van der Waals surface area contributed by atoms with Crippen LogP contribution in [0.1, 0.15) is 163 Å². The zero-order valence-corrected chi connectivity index (χ0v) is 73.0. The molecular weight excluding hydrogens is 1640 g/mol. The van der Waals surface area contributed by atoms with Crippen LogP contribution in [0.5, 0.6) is 0 Å². The van der Waals surface area contributed by atoms with E-state index in [-0.39, 0.29) is 215 Å². The van der Waals surface area contributed by atoms with Gasteiger partial charge >= 0.3 is 11.9 Å². The van der Waals surface area contributed by atoms with Gasteiger partial charge in [-0.1, -0.05) is 82.0 Å². The lowest BCUT2D eigenvalue weighted by Gasteiger charge is -2.26. The van der Waals surface area contributed by atoms with Gasteiger partial charge in [-0.2, -0.15) is 0 Å². The van der Waals surface area contributed by atoms with Gasteiger partial charge in [0.05, 0.1) is 94.7 Å². The summed E-state index contributed by atoms with van der Waals surface area (Å²) in [4.78, 5) is 222. The molecule has 40 nitrogen and oxygen atoms in total. The van der Waals surface area contributed by atoms with Crippen LogP contribution in [0.15, 0.2) is 42.5 Å². The monoisotopic (exact) mass is 1770 g/mol. The van der Waals surface area contributed by atoms with E-state index in [0.29, 0.717) is 44.9 Å². The molecule has 2 saturated heterocycles. The molecule has 2 aliphatic heterocycles. The fourth-order valence-electron chi connectivity index (χ4n) is 12.3. The van der Waals surface area contributed by atoms with Crippen LogP contribution >= 0.6 is 11.8 Å². The third-order valence-electron chi connectivity index (χ3n) is 19.4. The first kappa shape index (κ1) is 106. The number of nitrogens with two attached hydrogens (primary N) is 1. The van der Waals surface area contributed by atoms with E-state index in [9.17, 15) is 91.7 Å². The zero-order valence-electron chi connectivity index (χ0n) is 72.2. The Morgan fingerprint density at radius 3 is 1.43 bits per heavy atom. The van der Waals surface area contributed by atoms with Crippen molar-refractivity contribution in [3.8, 4) is 0 Å². The number of unbranched alkanes of at least 4 members (excludes halogenated alkanes) is 4. The Kier molecular flexibility index (Phi) is 51.4. The van der Waals surface area contributed by atoms with Gasteiger partial charge in [-0.05, 0) is 102 Å². The highest BCUT2D eigenvalue weighted by Crippen LogP contribution is 2.27. The van der Waals surface area contributed by atoms with Crippen molar-refractivity contribution in [1.29, 1.82) is 0 Å². The molecule has 14 N–H and O–H groups in total. The van der Waals surface area contributed by atoms with Gasteiger partial charge in [-0.15, -0.1) is 11.8 Å². The number of esters is 2. The molecule has 2 aromatic rings. The van der Waals surface area contributed by atoms with Crippen molar-refractivity contribution in [3.63, 3.8) is 0 Å². The number of primary amides is 1. The molecule has 6 atom stereocenters. The number of nitrogens with one attached hydrogen (secondary N) is 10. The highest BCUT2D eigenvalue weighted by atomic mass is 32.2. The highest BCUT2D eigenvalue weighted by Gasteiger charge is 2.41. The van der Waals surface area contributed by atoms with Crippen LogP contribution in [-0.2, 0) is 126 Å². The Labute approximate surface area is 726 Å². The van der Waals surface area contributed by atoms with E-state index in [1.54, 1.807) is 27.7 Å². The van der Waals surface area contributed by atoms with Gasteiger partial charge < -0.3 is 107 Å². The van der Waals surface area contributed by atoms with Gasteiger partial charge in [-0.3, -0.25) is 91.3 Å². The summed E-state index contributed by atoms with van der Waals surface area (Å²) >= 11 is 0.930. The Hall–Kier alpha value is -9.88. The van der Waals surface area contributed by atoms with E-state index in [4.69, 9.17) is 43.6 Å². The summed E-state index contributed by atoms with van der Waals surface area (Å²) in [5.41, 5.74) is 4.94. The van der Waals surface area contributed by atoms with Crippen molar-refractivity contribution in [1.82, 2.24) is 63.0 Å². The standard InChI is InChI=1S/C83H129N13O27S/c1-7-9-22-61(91-68(102)46-57-20-17-19-56-18-11-12-21-59(56)57)77(111)94-63(25-14-16-31-86-70(104)52-119-41-39-117-37-33-88-67(101)29-35-96-73(107)48-64(81(96)115)124-53-71(105)90-50-75(109)121-43-45-123-83(5,6)55-98)79(113)93-62(23-10-8-2)78(112)92-60(76(84)110)24-13-15-30-85-69(103)51-118-40-38-116-36-32-87-66(100)28-34-95-72(106)47-58(80(95)114)26-27-65(99)89-49-74(108)120-42-44-122-82(3,4)54-97/h11-12,17-21,58,60-64,97-98H,7-10,13-16,22-55H2,1-6H3,(H2,84,110)(H,85,103)(H,86,104)(H,87,100)(H,88,101)(H,89,99)(H,90,105)(H,91,102)(H,92,112)(H,93,113)(H,94,111). The van der Waals surface area contributed by atoms with Gasteiger partial charge in [0.15, 0.2) is 0 Å². The van der Waals surface area contributed by atoms with E-state index in [1.807, 2.05) is 56.3 Å². The number of aliphatic hydroxyl groups excluding tert-OH is 2. The van der Waals surface area contributed by atoms with Crippen LogP contribution in [0.2, 0.25) is 0 Å². The summed E-state index contributed by atoms with van der Waals surface area (Å²) < 4.78 is 42.6. The third kappa shape index (κ3) is 44.1. The molecule has 2 heterocycles. The second-order valence-corrected chi connectivity index (χ2v) is 32.0. The molecule has 4 rings (SSSR count). The number of hydrogen-bond acceptors (Lipinski definition) is 28. The number of benzene rings is 2. The lowest BCUT2D eigenvalue weighted by molar-refractivity contribution is -0.148. The van der Waals surface area contributed by atoms with E-state index < -0.39 is 160 Å². The van der Waals surface area contributed by atoms with Gasteiger partial charge in [0, 0.05) is 77.3 Å². The number of carbonyl (C=O) groups is 17. The zero-order chi connectivity index (χ0) is 91.2. The predicted molar refractivity (Wildman–Crippen MR) is 450 cm³/mol. The van der Waals surface area contributed by atoms with E-state index >= 15 is 0 Å². The molecule has 0 aliphatic carbocycles. The number of rotatable bonds is 68. The fourth-order valence-corrected chi connectivity index (χ4v) is 13.3. The minimum atomic E-state index is -1.25. The molecule has 2 aliphatic rings. The quantitative estimate of drug-likeness (QED) is 0.0209. The van der Waals surface area contributed by atoms with E-state index in [1.165, 1.54) is 0 Å². The van der Waals surface area contributed by atoms with Crippen LogP contribution in [0.25, 0.3) is 10.8 Å². The summed E-state index contributed by atoms with van der Waals surface area (Å²) in [5.74, 6) is -10.6. The highest BCUT2D eigenvalue weighted by molar-refractivity contribution is 8.01. The molecular formula is C83H129N13O27S. The molecule has 41 heteroatoms. The minimum absolute atomic E-state index is 0.0181. The SMILES string of the molecule is CCCCC(NC(=O)Cc1cccc2ccccc12)C(=O)NC(CCCCNC(=O)COCCOCCNC(=O)CCN1C(=O)CC(SCC(=O)NCC(=O)OCCOC(C)(C)CO)C1=O)C(=O)NC(CCCC)C(=O)NC(CCCCNC(=O)COCCOCCNC(=O)CCN1C(=O)CC(CCC(=O)NCC(=O)OCCOC(C)(C)CO)C1=O)C(N)=O. The molecule has 124 heavy (non-hydrogen) atoms. The summed E-state index contributed by atoms with van der Waals surface area (Å²) in [6.07, 6.45) is 3.38. The lowest BCUT2D eigenvalue weighted by Crippen LogP contribution is -2.58. The first-order valence-corrected chi connectivity index (χ1v) is 43.3. The number of carbonyl (C=O) groups excluding carboxylic acids is 17. The van der Waals surface area contributed by atoms with Crippen LogP contribution in [0.3, 0.4) is 0 Å². The summed E-state index contributed by atoms with van der Waals surface area (Å²) in [6.45, 7) is 9.01. The van der Waals surface area contributed by atoms with Crippen LogP contribution in [0.4, 0.5) is 0 Å². The third-order valence-corrected chi connectivity index (χ3v) is 20.6. The molecule has 15 amide bonds. The maximum Gasteiger partial charge on any atom is 0.325 e. The molecule has 0 saturated carbocycles. The smallest absolute Gasteiger partial charge is 0.325 e. The number of fused-ring (bicyclic) bond motifs is 1. The molecule has 6 unspecified atom stereocenters. The first-order valence-electron chi connectivity index (χ1n) is 42.3. The molecule has 694 valence electrons. The van der Waals surface area contributed by atoms with Crippen molar-refractivity contribution in [2.75, 3.05) is 151 Å². The Balaban J connectivity index is 1.15. The average molecular weight is 1770 g/mol. The Morgan fingerprint density at radius 2 is 0.911 bits per heavy atom. The minimum Gasteiger partial charge on any atom is -0.462 e. The summed E-state index contributed by atoms with van der Waals surface area (Å²) in [5, 5.41) is 46.2. The Bertz CT molecular complexity index is 3790. The van der Waals surface area contributed by atoms with Crippen LogP contribution < -0.4 is 58.9 Å². The molecule has 2 aromatic carbocycles. The van der Waals surface area contributed by atoms with Gasteiger partial charge in [0.25, 0.3) is 0 Å². The largest absolute Gasteiger partial charge is 0.462 e. The molecule has 0 bridgehead atoms. The van der Waals surface area contributed by atoms with Crippen molar-refractivity contribution < 1.29 is 130 Å². The molecule has 0 aromatic heterocycles. The van der Waals surface area contributed by atoms with Gasteiger partial charge in [0.1, 0.15) is 63.7 Å². The average Bonchev–Trinajstić information content (AvgIpc) is 1.79. The number of ether oxygens (including phenoxy) is 8. The van der Waals surface area contributed by atoms with Crippen molar-refractivity contribution in [2.24, 2.45) is 11.7 Å². The summed E-state index contributed by atoms with van der Waals surface area (Å²) in [6, 6.07) is 8.56. The van der Waals surface area contributed by atoms with Gasteiger partial charge in [-0.25, -0.2) is 0 Å². The second-order valence-electron chi connectivity index (χ2n) is 30.8. The number of thioether (sulfide) groups is 1. The number of imide groups is 2. The molecule has 0 radical (unpaired) electrons.